The first kappa shape index (κ1) is 13.5. The summed E-state index contributed by atoms with van der Waals surface area (Å²) in [6.07, 6.45) is 7.32. The number of ketones is 1. The predicted molar refractivity (Wildman–Crippen MR) is 74.9 cm³/mol. The van der Waals surface area contributed by atoms with Gasteiger partial charge in [0.25, 0.3) is 5.69 Å². The summed E-state index contributed by atoms with van der Waals surface area (Å²) in [7, 11) is 0. The van der Waals surface area contributed by atoms with Gasteiger partial charge in [-0.25, -0.2) is 0 Å². The van der Waals surface area contributed by atoms with E-state index in [4.69, 9.17) is 4.42 Å². The Balaban J connectivity index is 2.03. The molecule has 100 valence electrons. The van der Waals surface area contributed by atoms with E-state index in [9.17, 15) is 14.9 Å². The van der Waals surface area contributed by atoms with Crippen molar-refractivity contribution in [1.29, 1.82) is 0 Å². The van der Waals surface area contributed by atoms with E-state index < -0.39 is 4.92 Å². The van der Waals surface area contributed by atoms with Crippen LogP contribution < -0.4 is 0 Å². The lowest BCUT2D eigenvalue weighted by molar-refractivity contribution is -0.384. The quantitative estimate of drug-likeness (QED) is 0.473. The highest BCUT2D eigenvalue weighted by molar-refractivity contribution is 6.04. The highest BCUT2D eigenvalue weighted by Crippen LogP contribution is 2.14. The molecule has 1 aromatic heterocycles. The van der Waals surface area contributed by atoms with E-state index >= 15 is 0 Å². The molecule has 20 heavy (non-hydrogen) atoms. The monoisotopic (exact) mass is 269 g/mol. The van der Waals surface area contributed by atoms with Crippen molar-refractivity contribution < 1.29 is 14.1 Å². The van der Waals surface area contributed by atoms with Crippen LogP contribution in [0.5, 0.6) is 0 Å². The van der Waals surface area contributed by atoms with Crippen LogP contribution in [0, 0.1) is 10.1 Å². The van der Waals surface area contributed by atoms with Gasteiger partial charge in [0.15, 0.2) is 5.78 Å². The Hall–Kier alpha value is -2.95. The number of allylic oxidation sites excluding steroid dienone is 2. The summed E-state index contributed by atoms with van der Waals surface area (Å²) < 4.78 is 5.05. The topological polar surface area (TPSA) is 73.3 Å². The van der Waals surface area contributed by atoms with Gasteiger partial charge in [-0.15, -0.1) is 0 Å². The number of non-ortho nitro benzene ring substituents is 1. The maximum Gasteiger partial charge on any atom is 0.270 e. The number of furan rings is 1. The first-order valence-electron chi connectivity index (χ1n) is 5.83. The summed E-state index contributed by atoms with van der Waals surface area (Å²) in [4.78, 5) is 21.7. The number of carbonyl (C=O) groups excluding carboxylic acids is 1. The van der Waals surface area contributed by atoms with E-state index in [1.807, 2.05) is 0 Å². The van der Waals surface area contributed by atoms with Gasteiger partial charge >= 0.3 is 0 Å². The summed E-state index contributed by atoms with van der Waals surface area (Å²) in [5, 5.41) is 10.6. The molecular formula is C15H11NO4. The minimum Gasteiger partial charge on any atom is -0.465 e. The Kier molecular flexibility index (Phi) is 4.24. The van der Waals surface area contributed by atoms with Crippen LogP contribution in [0.15, 0.2) is 59.2 Å². The molecule has 1 heterocycles. The minimum atomic E-state index is -0.476. The Bertz CT molecular complexity index is 669. The summed E-state index contributed by atoms with van der Waals surface area (Å²) in [5.41, 5.74) is 0.588. The number of hydrogen-bond donors (Lipinski definition) is 0. The Morgan fingerprint density at radius 3 is 2.65 bits per heavy atom. The number of rotatable bonds is 5. The van der Waals surface area contributed by atoms with E-state index in [0.29, 0.717) is 11.3 Å². The zero-order chi connectivity index (χ0) is 14.4. The average molecular weight is 269 g/mol. The molecular weight excluding hydrogens is 258 g/mol. The molecule has 2 aromatic rings. The van der Waals surface area contributed by atoms with Gasteiger partial charge < -0.3 is 4.42 Å². The first-order chi connectivity index (χ1) is 9.65. The maximum absolute atomic E-state index is 11.6. The van der Waals surface area contributed by atoms with Gasteiger partial charge in [0, 0.05) is 12.1 Å². The molecule has 5 heteroatoms. The van der Waals surface area contributed by atoms with Crippen LogP contribution in [0.4, 0.5) is 5.69 Å². The molecule has 0 aliphatic heterocycles. The number of hydrogen-bond acceptors (Lipinski definition) is 4. The van der Waals surface area contributed by atoms with Crippen LogP contribution in [-0.2, 0) is 4.79 Å². The van der Waals surface area contributed by atoms with Crippen molar-refractivity contribution in [3.8, 4) is 0 Å². The molecule has 0 radical (unpaired) electrons. The van der Waals surface area contributed by atoms with Crippen LogP contribution in [-0.4, -0.2) is 10.7 Å². The Labute approximate surface area is 115 Å². The summed E-state index contributed by atoms with van der Waals surface area (Å²) >= 11 is 0. The molecule has 0 amide bonds. The van der Waals surface area contributed by atoms with Crippen molar-refractivity contribution in [3.63, 3.8) is 0 Å². The van der Waals surface area contributed by atoms with E-state index in [-0.39, 0.29) is 11.5 Å². The first-order valence-corrected chi connectivity index (χ1v) is 5.83. The molecule has 0 aliphatic rings. The highest BCUT2D eigenvalue weighted by Gasteiger charge is 2.03. The fourth-order valence-corrected chi connectivity index (χ4v) is 1.53. The normalized spacial score (nSPS) is 11.2. The van der Waals surface area contributed by atoms with Gasteiger partial charge in [-0.2, -0.15) is 0 Å². The zero-order valence-electron chi connectivity index (χ0n) is 10.4. The predicted octanol–water partition coefficient (Wildman–Crippen LogP) is 3.48. The second kappa shape index (κ2) is 6.29. The lowest BCUT2D eigenvalue weighted by atomic mass is 10.1. The van der Waals surface area contributed by atoms with Crippen LogP contribution in [0.1, 0.15) is 11.3 Å². The Morgan fingerprint density at radius 2 is 1.95 bits per heavy atom. The van der Waals surface area contributed by atoms with Gasteiger partial charge in [0.1, 0.15) is 5.76 Å². The fourth-order valence-electron chi connectivity index (χ4n) is 1.53. The number of nitrogens with zero attached hydrogens (tertiary/aromatic N) is 1. The lowest BCUT2D eigenvalue weighted by Gasteiger charge is -1.93. The zero-order valence-corrected chi connectivity index (χ0v) is 10.4. The van der Waals surface area contributed by atoms with Gasteiger partial charge in [0.05, 0.1) is 11.2 Å². The molecule has 0 fully saturated rings. The molecule has 2 rings (SSSR count). The molecule has 0 saturated carbocycles. The summed E-state index contributed by atoms with van der Waals surface area (Å²) in [6, 6.07) is 9.52. The van der Waals surface area contributed by atoms with E-state index in [1.54, 1.807) is 30.3 Å². The van der Waals surface area contributed by atoms with Crippen molar-refractivity contribution in [2.24, 2.45) is 0 Å². The fraction of sp³-hybridized carbons (Fsp3) is 0. The van der Waals surface area contributed by atoms with Crippen LogP contribution in [0.25, 0.3) is 12.2 Å². The summed E-state index contributed by atoms with van der Waals surface area (Å²) in [5.74, 6) is 0.356. The SMILES string of the molecule is O=C(C=Cc1cccc([N+](=O)[O-])c1)C=Cc1ccco1. The Morgan fingerprint density at radius 1 is 1.15 bits per heavy atom. The highest BCUT2D eigenvalue weighted by atomic mass is 16.6. The molecule has 0 N–H and O–H groups in total. The molecule has 0 unspecified atom stereocenters. The van der Waals surface area contributed by atoms with Crippen LogP contribution >= 0.6 is 0 Å². The summed E-state index contributed by atoms with van der Waals surface area (Å²) in [6.45, 7) is 0. The molecule has 0 atom stereocenters. The van der Waals surface area contributed by atoms with E-state index in [0.717, 1.165) is 0 Å². The second-order valence-corrected chi connectivity index (χ2v) is 3.94. The third-order valence-electron chi connectivity index (χ3n) is 2.48. The van der Waals surface area contributed by atoms with Gasteiger partial charge in [-0.1, -0.05) is 18.2 Å². The van der Waals surface area contributed by atoms with E-state index in [2.05, 4.69) is 0 Å². The standard InChI is InChI=1S/C15H11NO4/c17-14(8-9-15-5-2-10-20-15)7-6-12-3-1-4-13(11-12)16(18)19/h1-11H. The molecule has 5 nitrogen and oxygen atoms in total. The average Bonchev–Trinajstić information content (AvgIpc) is 2.96. The third-order valence-corrected chi connectivity index (χ3v) is 2.48. The van der Waals surface area contributed by atoms with Gasteiger partial charge in [0.2, 0.25) is 0 Å². The van der Waals surface area contributed by atoms with Gasteiger partial charge in [-0.3, -0.25) is 14.9 Å². The minimum absolute atomic E-state index is 0.00859. The molecule has 0 spiro atoms. The molecule has 0 aliphatic carbocycles. The lowest BCUT2D eigenvalue weighted by Crippen LogP contribution is -1.88. The second-order valence-electron chi connectivity index (χ2n) is 3.94. The molecule has 1 aromatic carbocycles. The third kappa shape index (κ3) is 3.78. The largest absolute Gasteiger partial charge is 0.465 e. The smallest absolute Gasteiger partial charge is 0.270 e. The van der Waals surface area contributed by atoms with Gasteiger partial charge in [-0.05, 0) is 35.9 Å². The van der Waals surface area contributed by atoms with Crippen LogP contribution in [0.2, 0.25) is 0 Å². The number of benzene rings is 1. The van der Waals surface area contributed by atoms with Crippen LogP contribution in [0.3, 0.4) is 0 Å². The molecule has 0 saturated heterocycles. The van der Waals surface area contributed by atoms with Crippen molar-refractivity contribution in [2.45, 2.75) is 0 Å². The number of nitro benzene ring substituents is 1. The maximum atomic E-state index is 11.6. The van der Waals surface area contributed by atoms with Crippen molar-refractivity contribution in [2.75, 3.05) is 0 Å². The van der Waals surface area contributed by atoms with E-state index in [1.165, 1.54) is 36.6 Å². The van der Waals surface area contributed by atoms with Crippen molar-refractivity contribution in [3.05, 3.63) is 76.3 Å². The van der Waals surface area contributed by atoms with Crippen molar-refractivity contribution >= 4 is 23.6 Å². The number of carbonyl (C=O) groups is 1. The van der Waals surface area contributed by atoms with Crippen molar-refractivity contribution in [1.82, 2.24) is 0 Å². The molecule has 0 bridgehead atoms. The number of nitro groups is 1.